The molecular formula is C36H45NO5S. The van der Waals surface area contributed by atoms with Gasteiger partial charge >= 0.3 is 0 Å². The highest BCUT2D eigenvalue weighted by Crippen LogP contribution is 2.63. The van der Waals surface area contributed by atoms with Crippen molar-refractivity contribution in [3.63, 3.8) is 0 Å². The van der Waals surface area contributed by atoms with Crippen LogP contribution in [-0.4, -0.2) is 34.8 Å². The van der Waals surface area contributed by atoms with Crippen LogP contribution in [0.1, 0.15) is 67.7 Å². The SMILES string of the molecule is CCOc1ccccc1CNC[C@@H]1C[C@H]2[C@@H]3CCc4cc(OC)ccc4[C@H]3CC[C@]2(C)[C@H]1OS(=O)(=O)c1ccc(C)cc1. The summed E-state index contributed by atoms with van der Waals surface area (Å²) in [7, 11) is -2.19. The summed E-state index contributed by atoms with van der Waals surface area (Å²) in [4.78, 5) is 0.233. The Hall–Kier alpha value is -2.87. The molecule has 230 valence electrons. The zero-order valence-electron chi connectivity index (χ0n) is 25.8. The fourth-order valence-corrected chi connectivity index (χ4v) is 9.66. The molecule has 0 bridgehead atoms. The molecule has 1 N–H and O–H groups in total. The first-order chi connectivity index (χ1) is 20.7. The lowest BCUT2D eigenvalue weighted by molar-refractivity contribution is -0.0159. The molecule has 0 spiro atoms. The third kappa shape index (κ3) is 5.84. The van der Waals surface area contributed by atoms with E-state index in [4.69, 9.17) is 13.7 Å². The molecule has 3 aromatic rings. The van der Waals surface area contributed by atoms with Crippen LogP contribution in [0, 0.1) is 30.1 Å². The number of para-hydroxylation sites is 1. The molecule has 0 heterocycles. The monoisotopic (exact) mass is 603 g/mol. The van der Waals surface area contributed by atoms with E-state index in [0.29, 0.717) is 37.5 Å². The van der Waals surface area contributed by atoms with Gasteiger partial charge in [0.2, 0.25) is 0 Å². The molecule has 3 aliphatic rings. The Kier molecular flexibility index (Phi) is 8.60. The van der Waals surface area contributed by atoms with E-state index in [2.05, 4.69) is 36.5 Å². The van der Waals surface area contributed by atoms with E-state index in [1.165, 1.54) is 11.1 Å². The lowest BCUT2D eigenvalue weighted by Gasteiger charge is -2.50. The van der Waals surface area contributed by atoms with Gasteiger partial charge in [-0.2, -0.15) is 8.42 Å². The molecule has 0 aliphatic heterocycles. The summed E-state index contributed by atoms with van der Waals surface area (Å²) in [6.45, 7) is 8.22. The van der Waals surface area contributed by atoms with Gasteiger partial charge in [-0.25, -0.2) is 0 Å². The third-order valence-electron chi connectivity index (χ3n) is 10.5. The molecule has 0 radical (unpaired) electrons. The second-order valence-corrected chi connectivity index (χ2v) is 14.5. The molecule has 6 nitrogen and oxygen atoms in total. The van der Waals surface area contributed by atoms with Gasteiger partial charge in [0.15, 0.2) is 0 Å². The lowest BCUT2D eigenvalue weighted by atomic mass is 9.55. The number of hydrogen-bond donors (Lipinski definition) is 1. The van der Waals surface area contributed by atoms with Crippen molar-refractivity contribution in [2.24, 2.45) is 23.2 Å². The van der Waals surface area contributed by atoms with Gasteiger partial charge in [-0.3, -0.25) is 4.18 Å². The smallest absolute Gasteiger partial charge is 0.297 e. The maximum Gasteiger partial charge on any atom is 0.297 e. The number of benzene rings is 3. The first-order valence-corrected chi connectivity index (χ1v) is 17.2. The van der Waals surface area contributed by atoms with Crippen molar-refractivity contribution in [2.45, 2.75) is 76.3 Å². The Balaban J connectivity index is 1.27. The normalized spacial score (nSPS) is 28.0. The molecule has 43 heavy (non-hydrogen) atoms. The minimum Gasteiger partial charge on any atom is -0.497 e. The van der Waals surface area contributed by atoms with Crippen LogP contribution in [0.5, 0.6) is 11.5 Å². The fraction of sp³-hybridized carbons (Fsp3) is 0.500. The van der Waals surface area contributed by atoms with Crippen LogP contribution in [0.3, 0.4) is 0 Å². The van der Waals surface area contributed by atoms with Crippen LogP contribution in [0.4, 0.5) is 0 Å². The van der Waals surface area contributed by atoms with E-state index >= 15 is 0 Å². The quantitative estimate of drug-likeness (QED) is 0.251. The number of rotatable bonds is 10. The number of methoxy groups -OCH3 is 1. The van der Waals surface area contributed by atoms with E-state index < -0.39 is 16.2 Å². The molecule has 6 rings (SSSR count). The van der Waals surface area contributed by atoms with Crippen LogP contribution in [0.15, 0.2) is 71.6 Å². The van der Waals surface area contributed by atoms with Gasteiger partial charge in [0.05, 0.1) is 24.7 Å². The maximum atomic E-state index is 13.7. The second kappa shape index (κ2) is 12.3. The van der Waals surface area contributed by atoms with Crippen LogP contribution in [-0.2, 0) is 27.3 Å². The summed E-state index contributed by atoms with van der Waals surface area (Å²) in [6.07, 6.45) is 4.70. The lowest BCUT2D eigenvalue weighted by Crippen LogP contribution is -2.46. The summed E-state index contributed by atoms with van der Waals surface area (Å²) in [5.41, 5.74) is 4.77. The first-order valence-electron chi connectivity index (χ1n) is 15.8. The Bertz CT molecular complexity index is 1540. The number of hydrogen-bond acceptors (Lipinski definition) is 6. The predicted octanol–water partition coefficient (Wildman–Crippen LogP) is 7.05. The predicted molar refractivity (Wildman–Crippen MR) is 169 cm³/mol. The standard InChI is InChI=1S/C36H45NO5S/c1-5-41-34-9-7-6-8-26(34)22-37-23-27-21-33-32-16-12-25-20-28(40-4)13-17-30(25)31(32)18-19-36(33,3)35(27)42-43(38,39)29-14-10-24(2)11-15-29/h6-11,13-15,17,20,27,31-33,35,37H,5,12,16,18-19,21-23H2,1-4H3/t27-,31+,32+,33-,35-,36-/m0/s1. The van der Waals surface area contributed by atoms with Crippen LogP contribution < -0.4 is 14.8 Å². The van der Waals surface area contributed by atoms with E-state index in [1.54, 1.807) is 19.2 Å². The molecular weight excluding hydrogens is 558 g/mol. The van der Waals surface area contributed by atoms with Gasteiger partial charge < -0.3 is 14.8 Å². The zero-order valence-corrected chi connectivity index (χ0v) is 26.7. The second-order valence-electron chi connectivity index (χ2n) is 13.0. The van der Waals surface area contributed by atoms with Crippen molar-refractivity contribution >= 4 is 10.1 Å². The molecule has 7 heteroatoms. The Labute approximate surface area is 257 Å². The number of aryl methyl sites for hydroxylation is 2. The van der Waals surface area contributed by atoms with Crippen molar-refractivity contribution in [3.8, 4) is 11.5 Å². The third-order valence-corrected chi connectivity index (χ3v) is 11.9. The van der Waals surface area contributed by atoms with E-state index in [1.807, 2.05) is 44.2 Å². The molecule has 3 aliphatic carbocycles. The van der Waals surface area contributed by atoms with E-state index in [-0.39, 0.29) is 16.2 Å². The van der Waals surface area contributed by atoms with Crippen LogP contribution >= 0.6 is 0 Å². The molecule has 0 amide bonds. The Morgan fingerprint density at radius 2 is 1.81 bits per heavy atom. The average Bonchev–Trinajstić information content (AvgIpc) is 3.28. The fourth-order valence-electron chi connectivity index (χ4n) is 8.43. The summed E-state index contributed by atoms with van der Waals surface area (Å²) in [5, 5.41) is 3.66. The van der Waals surface area contributed by atoms with Gasteiger partial charge in [-0.05, 0) is 116 Å². The molecule has 6 atom stereocenters. The Morgan fingerprint density at radius 1 is 1.02 bits per heavy atom. The van der Waals surface area contributed by atoms with Crippen molar-refractivity contribution < 1.29 is 22.1 Å². The zero-order chi connectivity index (χ0) is 30.2. The molecule has 0 saturated heterocycles. The first kappa shape index (κ1) is 30.2. The van der Waals surface area contributed by atoms with E-state index in [0.717, 1.165) is 54.7 Å². The van der Waals surface area contributed by atoms with Crippen molar-refractivity contribution in [1.82, 2.24) is 5.32 Å². The van der Waals surface area contributed by atoms with Gasteiger partial charge in [-0.15, -0.1) is 0 Å². The van der Waals surface area contributed by atoms with Gasteiger partial charge in [-0.1, -0.05) is 48.9 Å². The number of ether oxygens (including phenoxy) is 2. The van der Waals surface area contributed by atoms with E-state index in [9.17, 15) is 8.42 Å². The molecule has 0 unspecified atom stereocenters. The summed E-state index contributed by atoms with van der Waals surface area (Å²) in [5.74, 6) is 3.28. The summed E-state index contributed by atoms with van der Waals surface area (Å²) in [6, 6.07) is 21.7. The van der Waals surface area contributed by atoms with Crippen molar-refractivity contribution in [3.05, 3.63) is 89.0 Å². The minimum absolute atomic E-state index is 0.0745. The maximum absolute atomic E-state index is 13.7. The minimum atomic E-state index is -3.92. The average molecular weight is 604 g/mol. The van der Waals surface area contributed by atoms with Gasteiger partial charge in [0.25, 0.3) is 10.1 Å². The molecule has 0 aromatic heterocycles. The highest BCUT2D eigenvalue weighted by atomic mass is 32.2. The molecule has 2 saturated carbocycles. The van der Waals surface area contributed by atoms with Gasteiger partial charge in [0, 0.05) is 18.7 Å². The van der Waals surface area contributed by atoms with Crippen LogP contribution in [0.25, 0.3) is 0 Å². The number of nitrogens with one attached hydrogen (secondary N) is 1. The largest absolute Gasteiger partial charge is 0.497 e. The topological polar surface area (TPSA) is 73.9 Å². The summed E-state index contributed by atoms with van der Waals surface area (Å²) >= 11 is 0. The van der Waals surface area contributed by atoms with Gasteiger partial charge in [0.1, 0.15) is 11.5 Å². The molecule has 3 aromatic carbocycles. The van der Waals surface area contributed by atoms with Crippen molar-refractivity contribution in [2.75, 3.05) is 20.3 Å². The molecule has 2 fully saturated rings. The highest BCUT2D eigenvalue weighted by Gasteiger charge is 2.59. The Morgan fingerprint density at radius 3 is 2.58 bits per heavy atom. The van der Waals surface area contributed by atoms with Crippen molar-refractivity contribution in [1.29, 1.82) is 0 Å². The number of fused-ring (bicyclic) bond motifs is 5. The van der Waals surface area contributed by atoms with Crippen LogP contribution in [0.2, 0.25) is 0 Å². The highest BCUT2D eigenvalue weighted by molar-refractivity contribution is 7.86. The summed E-state index contributed by atoms with van der Waals surface area (Å²) < 4.78 is 45.1.